The van der Waals surface area contributed by atoms with Gasteiger partial charge in [0.05, 0.1) is 11.7 Å². The lowest BCUT2D eigenvalue weighted by atomic mass is 9.95. The van der Waals surface area contributed by atoms with Gasteiger partial charge in [-0.3, -0.25) is 9.69 Å². The fourth-order valence-electron chi connectivity index (χ4n) is 3.04. The van der Waals surface area contributed by atoms with Gasteiger partial charge >= 0.3 is 6.03 Å². The van der Waals surface area contributed by atoms with Crippen LogP contribution in [-0.2, 0) is 0 Å². The molecule has 4 nitrogen and oxygen atoms in total. The number of benzene rings is 2. The Morgan fingerprint density at radius 3 is 2.67 bits per heavy atom. The molecule has 0 bridgehead atoms. The molecule has 2 atom stereocenters. The maximum Gasteiger partial charge on any atom is 0.322 e. The second-order valence-corrected chi connectivity index (χ2v) is 6.09. The smallest absolute Gasteiger partial charge is 0.322 e. The molecule has 0 radical (unpaired) electrons. The Hall–Kier alpha value is -2.69. The van der Waals surface area contributed by atoms with E-state index >= 15 is 0 Å². The van der Waals surface area contributed by atoms with E-state index in [1.54, 1.807) is 0 Å². The molecule has 0 unspecified atom stereocenters. The SMILES string of the molecule is C[C@H](NC(=O)N1c2ccc(F)cc2C(=O)C[C@H]1C)c1ccccc1. The highest BCUT2D eigenvalue weighted by atomic mass is 19.1. The third kappa shape index (κ3) is 3.02. The van der Waals surface area contributed by atoms with E-state index in [1.807, 2.05) is 44.2 Å². The Morgan fingerprint density at radius 1 is 1.25 bits per heavy atom. The number of carbonyl (C=O) groups is 2. The predicted octanol–water partition coefficient (Wildman–Crippen LogP) is 4.08. The van der Waals surface area contributed by atoms with Gasteiger partial charge < -0.3 is 5.32 Å². The molecule has 0 saturated heterocycles. The Balaban J connectivity index is 1.87. The van der Waals surface area contributed by atoms with Crippen LogP contribution in [0.1, 0.15) is 42.2 Å². The number of nitrogens with one attached hydrogen (secondary N) is 1. The third-order valence-corrected chi connectivity index (χ3v) is 4.30. The molecule has 5 heteroatoms. The summed E-state index contributed by atoms with van der Waals surface area (Å²) in [4.78, 5) is 26.4. The average Bonchev–Trinajstić information content (AvgIpc) is 2.56. The normalized spacial score (nSPS) is 18.0. The fraction of sp³-hybridized carbons (Fsp3) is 0.263. The van der Waals surface area contributed by atoms with Gasteiger partial charge in [0.1, 0.15) is 5.82 Å². The molecule has 0 spiro atoms. The number of hydrogen-bond donors (Lipinski definition) is 1. The predicted molar refractivity (Wildman–Crippen MR) is 90.7 cm³/mol. The number of anilines is 1. The summed E-state index contributed by atoms with van der Waals surface area (Å²) < 4.78 is 13.5. The summed E-state index contributed by atoms with van der Waals surface area (Å²) in [5.41, 5.74) is 1.71. The maximum atomic E-state index is 13.5. The van der Waals surface area contributed by atoms with Crippen LogP contribution in [0.2, 0.25) is 0 Å². The van der Waals surface area contributed by atoms with Crippen molar-refractivity contribution in [3.05, 3.63) is 65.5 Å². The lowest BCUT2D eigenvalue weighted by Crippen LogP contribution is -2.49. The number of rotatable bonds is 2. The first-order valence-corrected chi connectivity index (χ1v) is 7.95. The van der Waals surface area contributed by atoms with E-state index < -0.39 is 5.82 Å². The van der Waals surface area contributed by atoms with Crippen molar-refractivity contribution in [1.29, 1.82) is 0 Å². The number of halogens is 1. The van der Waals surface area contributed by atoms with Gasteiger partial charge in [-0.05, 0) is 37.6 Å². The second kappa shape index (κ2) is 6.43. The van der Waals surface area contributed by atoms with E-state index in [1.165, 1.54) is 23.1 Å². The molecule has 2 amide bonds. The molecular formula is C19H19FN2O2. The summed E-state index contributed by atoms with van der Waals surface area (Å²) in [5.74, 6) is -0.619. The van der Waals surface area contributed by atoms with E-state index in [0.717, 1.165) is 5.56 Å². The minimum Gasteiger partial charge on any atom is -0.331 e. The van der Waals surface area contributed by atoms with Crippen molar-refractivity contribution < 1.29 is 14.0 Å². The molecule has 1 heterocycles. The van der Waals surface area contributed by atoms with Crippen molar-refractivity contribution in [2.45, 2.75) is 32.4 Å². The van der Waals surface area contributed by atoms with Crippen LogP contribution in [0.15, 0.2) is 48.5 Å². The van der Waals surface area contributed by atoms with Gasteiger partial charge in [-0.1, -0.05) is 30.3 Å². The second-order valence-electron chi connectivity index (χ2n) is 6.09. The number of fused-ring (bicyclic) bond motifs is 1. The van der Waals surface area contributed by atoms with Gasteiger partial charge in [-0.15, -0.1) is 0 Å². The first-order valence-electron chi connectivity index (χ1n) is 7.95. The number of ketones is 1. The molecule has 2 aromatic rings. The van der Waals surface area contributed by atoms with Crippen molar-refractivity contribution in [2.24, 2.45) is 0 Å². The van der Waals surface area contributed by atoms with E-state index in [4.69, 9.17) is 0 Å². The zero-order valence-corrected chi connectivity index (χ0v) is 13.6. The van der Waals surface area contributed by atoms with Gasteiger partial charge in [0.15, 0.2) is 5.78 Å². The van der Waals surface area contributed by atoms with Crippen molar-refractivity contribution >= 4 is 17.5 Å². The zero-order chi connectivity index (χ0) is 17.3. The van der Waals surface area contributed by atoms with Gasteiger partial charge in [0, 0.05) is 18.0 Å². The molecule has 0 aromatic heterocycles. The Bertz CT molecular complexity index is 776. The average molecular weight is 326 g/mol. The van der Waals surface area contributed by atoms with Crippen LogP contribution in [-0.4, -0.2) is 17.9 Å². The van der Waals surface area contributed by atoms with Gasteiger partial charge in [-0.25, -0.2) is 9.18 Å². The number of Topliss-reactive ketones (excluding diaryl/α,β-unsaturated/α-hetero) is 1. The lowest BCUT2D eigenvalue weighted by molar-refractivity contribution is 0.0969. The fourth-order valence-corrected chi connectivity index (χ4v) is 3.04. The van der Waals surface area contributed by atoms with Crippen LogP contribution in [0.4, 0.5) is 14.9 Å². The van der Waals surface area contributed by atoms with Gasteiger partial charge in [0.2, 0.25) is 0 Å². The largest absolute Gasteiger partial charge is 0.331 e. The van der Waals surface area contributed by atoms with Crippen LogP contribution in [0.5, 0.6) is 0 Å². The number of nitrogens with zero attached hydrogens (tertiary/aromatic N) is 1. The van der Waals surface area contributed by atoms with Crippen molar-refractivity contribution in [2.75, 3.05) is 4.90 Å². The van der Waals surface area contributed by atoms with E-state index in [9.17, 15) is 14.0 Å². The van der Waals surface area contributed by atoms with Gasteiger partial charge in [-0.2, -0.15) is 0 Å². The standard InChI is InChI=1S/C19H19FN2O2/c1-12-10-18(23)16-11-15(20)8-9-17(16)22(12)19(24)21-13(2)14-6-4-3-5-7-14/h3-9,11-13H,10H2,1-2H3,(H,21,24)/t12-,13+/m1/s1. The number of urea groups is 1. The van der Waals surface area contributed by atoms with Crippen LogP contribution >= 0.6 is 0 Å². The third-order valence-electron chi connectivity index (χ3n) is 4.30. The molecule has 24 heavy (non-hydrogen) atoms. The summed E-state index contributed by atoms with van der Waals surface area (Å²) in [7, 11) is 0. The first kappa shape index (κ1) is 16.2. The van der Waals surface area contributed by atoms with E-state index in [2.05, 4.69) is 5.32 Å². The lowest BCUT2D eigenvalue weighted by Gasteiger charge is -2.35. The van der Waals surface area contributed by atoms with E-state index in [-0.39, 0.29) is 35.9 Å². The first-order chi connectivity index (χ1) is 11.5. The molecule has 0 saturated carbocycles. The number of carbonyl (C=O) groups excluding carboxylic acids is 2. The highest BCUT2D eigenvalue weighted by Gasteiger charge is 2.33. The minimum atomic E-state index is -0.477. The zero-order valence-electron chi connectivity index (χ0n) is 13.6. The number of hydrogen-bond acceptors (Lipinski definition) is 2. The molecule has 0 aliphatic carbocycles. The summed E-state index contributed by atoms with van der Waals surface area (Å²) in [6.45, 7) is 3.72. The molecule has 1 aliphatic heterocycles. The summed E-state index contributed by atoms with van der Waals surface area (Å²) in [5, 5.41) is 2.95. The summed E-state index contributed by atoms with van der Waals surface area (Å²) in [6.07, 6.45) is 0.184. The van der Waals surface area contributed by atoms with Crippen LogP contribution in [0.3, 0.4) is 0 Å². The Morgan fingerprint density at radius 2 is 1.96 bits per heavy atom. The molecule has 3 rings (SSSR count). The monoisotopic (exact) mass is 326 g/mol. The molecule has 2 aromatic carbocycles. The van der Waals surface area contributed by atoms with E-state index in [0.29, 0.717) is 5.69 Å². The molecule has 0 fully saturated rings. The Labute approximate surface area is 140 Å². The van der Waals surface area contributed by atoms with Crippen LogP contribution in [0.25, 0.3) is 0 Å². The summed E-state index contributed by atoms with van der Waals surface area (Å²) in [6, 6.07) is 12.8. The highest BCUT2D eigenvalue weighted by Crippen LogP contribution is 2.31. The van der Waals surface area contributed by atoms with Crippen molar-refractivity contribution in [1.82, 2.24) is 5.32 Å². The number of amides is 2. The molecule has 1 aliphatic rings. The van der Waals surface area contributed by atoms with Crippen LogP contribution in [0, 0.1) is 5.82 Å². The van der Waals surface area contributed by atoms with Crippen molar-refractivity contribution in [3.63, 3.8) is 0 Å². The van der Waals surface area contributed by atoms with Gasteiger partial charge in [0.25, 0.3) is 0 Å². The van der Waals surface area contributed by atoms with Crippen LogP contribution < -0.4 is 10.2 Å². The van der Waals surface area contributed by atoms with Crippen molar-refractivity contribution in [3.8, 4) is 0 Å². The minimum absolute atomic E-state index is 0.142. The summed E-state index contributed by atoms with van der Waals surface area (Å²) >= 11 is 0. The molecular weight excluding hydrogens is 307 g/mol. The highest BCUT2D eigenvalue weighted by molar-refractivity contribution is 6.09. The topological polar surface area (TPSA) is 49.4 Å². The molecule has 124 valence electrons. The Kier molecular flexibility index (Phi) is 4.34. The maximum absolute atomic E-state index is 13.5. The quantitative estimate of drug-likeness (QED) is 0.904. The molecule has 1 N–H and O–H groups in total.